The van der Waals surface area contributed by atoms with E-state index in [1.165, 1.54) is 0 Å². The van der Waals surface area contributed by atoms with Crippen molar-refractivity contribution in [1.29, 1.82) is 0 Å². The largest absolute Gasteiger partial charge is 0.396 e. The molecule has 15 heavy (non-hydrogen) atoms. The van der Waals surface area contributed by atoms with Gasteiger partial charge in [0, 0.05) is 6.61 Å². The number of aliphatic hydroxyl groups is 1. The fraction of sp³-hybridized carbons (Fsp3) is 0.909. The summed E-state index contributed by atoms with van der Waals surface area (Å²) in [7, 11) is 0. The van der Waals surface area contributed by atoms with Crippen LogP contribution in [0.1, 0.15) is 40.0 Å². The number of primary amides is 1. The Balaban J connectivity index is 3.84. The highest BCUT2D eigenvalue weighted by Gasteiger charge is 2.28. The smallest absolute Gasteiger partial charge is 0.235 e. The lowest BCUT2D eigenvalue weighted by molar-refractivity contribution is -0.122. The van der Waals surface area contributed by atoms with Crippen LogP contribution in [-0.4, -0.2) is 30.2 Å². The van der Waals surface area contributed by atoms with Crippen LogP contribution < -0.4 is 11.1 Å². The molecule has 4 nitrogen and oxygen atoms in total. The maximum atomic E-state index is 11.2. The van der Waals surface area contributed by atoms with Crippen LogP contribution in [0.4, 0.5) is 0 Å². The van der Waals surface area contributed by atoms with Crippen molar-refractivity contribution in [2.45, 2.75) is 46.1 Å². The second-order valence-electron chi connectivity index (χ2n) is 4.94. The normalized spacial score (nSPS) is 13.9. The van der Waals surface area contributed by atoms with Crippen molar-refractivity contribution in [1.82, 2.24) is 5.32 Å². The number of nitrogens with one attached hydrogen (secondary N) is 1. The molecule has 0 saturated carbocycles. The minimum absolute atomic E-state index is 0.150. The Kier molecular flexibility index (Phi) is 6.52. The average molecular weight is 216 g/mol. The van der Waals surface area contributed by atoms with Crippen molar-refractivity contribution in [3.63, 3.8) is 0 Å². The molecule has 0 aromatic rings. The van der Waals surface area contributed by atoms with Crippen molar-refractivity contribution in [2.75, 3.05) is 13.2 Å². The van der Waals surface area contributed by atoms with Crippen LogP contribution in [0.15, 0.2) is 0 Å². The maximum absolute atomic E-state index is 11.2. The number of unbranched alkanes of at least 4 members (excludes halogenated alkanes) is 2. The zero-order valence-corrected chi connectivity index (χ0v) is 10.0. The van der Waals surface area contributed by atoms with Crippen LogP contribution in [0.3, 0.4) is 0 Å². The molecule has 0 aliphatic carbocycles. The van der Waals surface area contributed by atoms with Crippen LogP contribution in [0.25, 0.3) is 0 Å². The van der Waals surface area contributed by atoms with E-state index in [4.69, 9.17) is 10.8 Å². The molecule has 0 aromatic carbocycles. The summed E-state index contributed by atoms with van der Waals surface area (Å²) in [5, 5.41) is 11.8. The Morgan fingerprint density at radius 3 is 2.33 bits per heavy atom. The number of nitrogens with two attached hydrogens (primary N) is 1. The van der Waals surface area contributed by atoms with Crippen LogP contribution >= 0.6 is 0 Å². The van der Waals surface area contributed by atoms with Gasteiger partial charge in [-0.1, -0.05) is 20.8 Å². The molecule has 0 spiro atoms. The molecule has 0 aliphatic rings. The third-order valence-electron chi connectivity index (χ3n) is 2.33. The van der Waals surface area contributed by atoms with E-state index in [2.05, 4.69) is 5.32 Å². The van der Waals surface area contributed by atoms with Gasteiger partial charge >= 0.3 is 0 Å². The number of rotatable bonds is 7. The minimum atomic E-state index is -0.301. The van der Waals surface area contributed by atoms with Crippen LogP contribution in [-0.2, 0) is 4.79 Å². The summed E-state index contributed by atoms with van der Waals surface area (Å²) in [6, 6.07) is -0.286. The highest BCUT2D eigenvalue weighted by molar-refractivity contribution is 5.80. The van der Waals surface area contributed by atoms with Crippen molar-refractivity contribution in [2.24, 2.45) is 11.1 Å². The molecule has 90 valence electrons. The Labute approximate surface area is 92.2 Å². The van der Waals surface area contributed by atoms with E-state index in [0.29, 0.717) is 0 Å². The number of hydrogen-bond donors (Lipinski definition) is 3. The first-order valence-electron chi connectivity index (χ1n) is 5.53. The molecular weight excluding hydrogens is 192 g/mol. The molecule has 0 heterocycles. The molecule has 0 bridgehead atoms. The summed E-state index contributed by atoms with van der Waals surface area (Å²) in [5.74, 6) is -0.301. The van der Waals surface area contributed by atoms with Gasteiger partial charge in [0.25, 0.3) is 0 Å². The van der Waals surface area contributed by atoms with Gasteiger partial charge in [-0.2, -0.15) is 0 Å². The molecule has 4 N–H and O–H groups in total. The lowest BCUT2D eigenvalue weighted by Crippen LogP contribution is -2.50. The quantitative estimate of drug-likeness (QED) is 0.547. The van der Waals surface area contributed by atoms with E-state index >= 15 is 0 Å². The van der Waals surface area contributed by atoms with Crippen LogP contribution in [0, 0.1) is 5.41 Å². The van der Waals surface area contributed by atoms with Gasteiger partial charge in [0.1, 0.15) is 0 Å². The molecule has 0 saturated heterocycles. The van der Waals surface area contributed by atoms with Crippen molar-refractivity contribution in [3.8, 4) is 0 Å². The molecule has 0 fully saturated rings. The molecule has 0 rings (SSSR count). The summed E-state index contributed by atoms with van der Waals surface area (Å²) in [5.41, 5.74) is 5.17. The first kappa shape index (κ1) is 14.4. The van der Waals surface area contributed by atoms with E-state index in [0.717, 1.165) is 25.8 Å². The molecule has 1 atom stereocenters. The lowest BCUT2D eigenvalue weighted by Gasteiger charge is -2.28. The Morgan fingerprint density at radius 1 is 1.33 bits per heavy atom. The molecular formula is C11H24N2O2. The van der Waals surface area contributed by atoms with E-state index in [1.54, 1.807) is 0 Å². The SMILES string of the molecule is CC(C)(C)[C@H](NCCCCCO)C(N)=O. The standard InChI is InChI=1S/C11H24N2O2/c1-11(2,3)9(10(12)15)13-7-5-4-6-8-14/h9,13-14H,4-8H2,1-3H3,(H2,12,15)/t9-/m1/s1. The zero-order chi connectivity index (χ0) is 11.9. The molecule has 1 amide bonds. The third kappa shape index (κ3) is 6.47. The van der Waals surface area contributed by atoms with Crippen molar-refractivity contribution >= 4 is 5.91 Å². The first-order valence-corrected chi connectivity index (χ1v) is 5.53. The van der Waals surface area contributed by atoms with E-state index in [-0.39, 0.29) is 24.0 Å². The summed E-state index contributed by atoms with van der Waals surface area (Å²) in [4.78, 5) is 11.2. The number of hydrogen-bond acceptors (Lipinski definition) is 3. The van der Waals surface area contributed by atoms with Gasteiger partial charge in [0.15, 0.2) is 0 Å². The molecule has 0 unspecified atom stereocenters. The molecule has 0 radical (unpaired) electrons. The summed E-state index contributed by atoms with van der Waals surface area (Å²) >= 11 is 0. The van der Waals surface area contributed by atoms with Crippen molar-refractivity contribution < 1.29 is 9.90 Å². The molecule has 4 heteroatoms. The fourth-order valence-electron chi connectivity index (χ4n) is 1.49. The van der Waals surface area contributed by atoms with Crippen LogP contribution in [0.5, 0.6) is 0 Å². The van der Waals surface area contributed by atoms with Crippen LogP contribution in [0.2, 0.25) is 0 Å². The Morgan fingerprint density at radius 2 is 1.93 bits per heavy atom. The van der Waals surface area contributed by atoms with Gasteiger partial charge < -0.3 is 16.2 Å². The summed E-state index contributed by atoms with van der Waals surface area (Å²) in [6.45, 7) is 6.97. The maximum Gasteiger partial charge on any atom is 0.235 e. The number of carbonyl (C=O) groups excluding carboxylic acids is 1. The summed E-state index contributed by atoms with van der Waals surface area (Å²) < 4.78 is 0. The highest BCUT2D eigenvalue weighted by atomic mass is 16.2. The number of aliphatic hydroxyl groups excluding tert-OH is 1. The fourth-order valence-corrected chi connectivity index (χ4v) is 1.49. The van der Waals surface area contributed by atoms with Gasteiger partial charge in [0.2, 0.25) is 5.91 Å². The van der Waals surface area contributed by atoms with Gasteiger partial charge in [0.05, 0.1) is 6.04 Å². The second-order valence-corrected chi connectivity index (χ2v) is 4.94. The highest BCUT2D eigenvalue weighted by Crippen LogP contribution is 2.18. The number of carbonyl (C=O) groups is 1. The first-order chi connectivity index (χ1) is 6.89. The topological polar surface area (TPSA) is 75.3 Å². The summed E-state index contributed by atoms with van der Waals surface area (Å²) in [6.07, 6.45) is 2.75. The van der Waals surface area contributed by atoms with E-state index < -0.39 is 0 Å². The van der Waals surface area contributed by atoms with Gasteiger partial charge in [-0.05, 0) is 31.2 Å². The minimum Gasteiger partial charge on any atom is -0.396 e. The average Bonchev–Trinajstić information content (AvgIpc) is 2.08. The predicted molar refractivity (Wildman–Crippen MR) is 61.4 cm³/mol. The van der Waals surface area contributed by atoms with Gasteiger partial charge in [-0.15, -0.1) is 0 Å². The lowest BCUT2D eigenvalue weighted by atomic mass is 9.86. The second kappa shape index (κ2) is 6.80. The number of amides is 1. The van der Waals surface area contributed by atoms with E-state index in [9.17, 15) is 4.79 Å². The zero-order valence-electron chi connectivity index (χ0n) is 10.0. The van der Waals surface area contributed by atoms with Crippen molar-refractivity contribution in [3.05, 3.63) is 0 Å². The predicted octanol–water partition coefficient (Wildman–Crippen LogP) is 0.639. The Hall–Kier alpha value is -0.610. The third-order valence-corrected chi connectivity index (χ3v) is 2.33. The van der Waals surface area contributed by atoms with Gasteiger partial charge in [-0.25, -0.2) is 0 Å². The molecule has 0 aliphatic heterocycles. The Bertz CT molecular complexity index is 188. The monoisotopic (exact) mass is 216 g/mol. The molecule has 0 aromatic heterocycles. The van der Waals surface area contributed by atoms with Gasteiger partial charge in [-0.3, -0.25) is 4.79 Å². The van der Waals surface area contributed by atoms with E-state index in [1.807, 2.05) is 20.8 Å².